The summed E-state index contributed by atoms with van der Waals surface area (Å²) in [5.74, 6) is 0.455. The van der Waals surface area contributed by atoms with E-state index in [1.54, 1.807) is 6.07 Å². The number of amides is 1. The van der Waals surface area contributed by atoms with Crippen molar-refractivity contribution in [1.29, 1.82) is 0 Å². The van der Waals surface area contributed by atoms with Gasteiger partial charge in [0.25, 0.3) is 0 Å². The van der Waals surface area contributed by atoms with Gasteiger partial charge in [-0.2, -0.15) is 0 Å². The highest BCUT2D eigenvalue weighted by Gasteiger charge is 2.06. The Bertz CT molecular complexity index is 579. The van der Waals surface area contributed by atoms with Gasteiger partial charge in [0.1, 0.15) is 5.82 Å². The van der Waals surface area contributed by atoms with E-state index in [1.807, 2.05) is 13.8 Å². The summed E-state index contributed by atoms with van der Waals surface area (Å²) in [5, 5.41) is 5.67. The van der Waals surface area contributed by atoms with Crippen LogP contribution in [0.4, 0.5) is 10.3 Å². The summed E-state index contributed by atoms with van der Waals surface area (Å²) in [6.45, 7) is 4.84. The molecule has 0 atom stereocenters. The van der Waals surface area contributed by atoms with Gasteiger partial charge in [0.05, 0.1) is 17.6 Å². The Morgan fingerprint density at radius 1 is 1.47 bits per heavy atom. The maximum absolute atomic E-state index is 13.0. The Kier molecular flexibility index (Phi) is 3.99. The number of anilines is 1. The first-order valence-corrected chi connectivity index (χ1v) is 6.20. The second-order valence-corrected chi connectivity index (χ2v) is 4.80. The highest BCUT2D eigenvalue weighted by atomic mass is 19.1. The third-order valence-electron chi connectivity index (χ3n) is 2.57. The summed E-state index contributed by atoms with van der Waals surface area (Å²) >= 11 is 0. The molecule has 2 aromatic rings. The number of carbonyl (C=O) groups excluding carboxylic acids is 1. The van der Waals surface area contributed by atoms with Crippen LogP contribution < -0.4 is 10.6 Å². The van der Waals surface area contributed by atoms with Crippen LogP contribution in [0, 0.1) is 11.7 Å². The largest absolute Gasteiger partial charge is 0.354 e. The number of halogens is 1. The van der Waals surface area contributed by atoms with Crippen LogP contribution in [0.3, 0.4) is 0 Å². The lowest BCUT2D eigenvalue weighted by Gasteiger charge is -2.07. The summed E-state index contributed by atoms with van der Waals surface area (Å²) < 4.78 is 13.0. The van der Waals surface area contributed by atoms with Crippen LogP contribution in [-0.4, -0.2) is 29.0 Å². The van der Waals surface area contributed by atoms with Gasteiger partial charge in [-0.25, -0.2) is 9.37 Å². The molecule has 3 N–H and O–H groups in total. The molecule has 1 aromatic carbocycles. The minimum absolute atomic E-state index is 0.0969. The van der Waals surface area contributed by atoms with Crippen molar-refractivity contribution in [3.8, 4) is 0 Å². The van der Waals surface area contributed by atoms with Crippen LogP contribution in [0.15, 0.2) is 18.2 Å². The van der Waals surface area contributed by atoms with E-state index in [2.05, 4.69) is 20.6 Å². The number of rotatable bonds is 5. The van der Waals surface area contributed by atoms with Gasteiger partial charge in [-0.1, -0.05) is 13.8 Å². The zero-order chi connectivity index (χ0) is 13.8. The predicted molar refractivity (Wildman–Crippen MR) is 72.4 cm³/mol. The van der Waals surface area contributed by atoms with Crippen LogP contribution in [-0.2, 0) is 4.79 Å². The first kappa shape index (κ1) is 13.3. The summed E-state index contributed by atoms with van der Waals surface area (Å²) in [7, 11) is 0. The second kappa shape index (κ2) is 5.69. The number of aromatic nitrogens is 2. The number of aromatic amines is 1. The molecule has 0 saturated heterocycles. The lowest BCUT2D eigenvalue weighted by Crippen LogP contribution is -2.32. The number of H-pyrrole nitrogens is 1. The average molecular weight is 264 g/mol. The van der Waals surface area contributed by atoms with Crippen molar-refractivity contribution in [2.75, 3.05) is 18.4 Å². The van der Waals surface area contributed by atoms with E-state index in [4.69, 9.17) is 0 Å². The molecule has 0 aliphatic carbocycles. The van der Waals surface area contributed by atoms with Gasteiger partial charge in [-0.3, -0.25) is 4.79 Å². The van der Waals surface area contributed by atoms with Crippen LogP contribution in [0.25, 0.3) is 11.0 Å². The summed E-state index contributed by atoms with van der Waals surface area (Å²) in [4.78, 5) is 18.6. The van der Waals surface area contributed by atoms with E-state index in [9.17, 15) is 9.18 Å². The molecule has 1 amide bonds. The van der Waals surface area contributed by atoms with E-state index in [1.165, 1.54) is 12.1 Å². The minimum atomic E-state index is -0.322. The molecule has 0 bridgehead atoms. The SMILES string of the molecule is CC(C)CNC(=O)CNc1nc2ccc(F)cc2[nH]1. The standard InChI is InChI=1S/C13H17FN4O/c1-8(2)6-15-12(19)7-16-13-17-10-4-3-9(14)5-11(10)18-13/h3-5,8H,6-7H2,1-2H3,(H,15,19)(H2,16,17,18). The molecule has 0 aliphatic heterocycles. The zero-order valence-corrected chi connectivity index (χ0v) is 11.0. The topological polar surface area (TPSA) is 69.8 Å². The monoisotopic (exact) mass is 264 g/mol. The van der Waals surface area contributed by atoms with Crippen molar-refractivity contribution in [1.82, 2.24) is 15.3 Å². The molecule has 5 nitrogen and oxygen atoms in total. The fourth-order valence-corrected chi connectivity index (χ4v) is 1.61. The highest BCUT2D eigenvalue weighted by molar-refractivity contribution is 5.81. The molecule has 0 saturated carbocycles. The number of fused-ring (bicyclic) bond motifs is 1. The fraction of sp³-hybridized carbons (Fsp3) is 0.385. The number of carbonyl (C=O) groups is 1. The summed E-state index contributed by atoms with van der Waals surface area (Å²) in [6.07, 6.45) is 0. The summed E-state index contributed by atoms with van der Waals surface area (Å²) in [5.41, 5.74) is 1.26. The molecule has 1 heterocycles. The molecule has 0 spiro atoms. The molecular formula is C13H17FN4O. The van der Waals surface area contributed by atoms with E-state index < -0.39 is 0 Å². The minimum Gasteiger partial charge on any atom is -0.354 e. The molecule has 102 valence electrons. The predicted octanol–water partition coefficient (Wildman–Crippen LogP) is 1.89. The zero-order valence-electron chi connectivity index (χ0n) is 11.0. The number of benzene rings is 1. The van der Waals surface area contributed by atoms with Crippen molar-refractivity contribution in [3.05, 3.63) is 24.0 Å². The van der Waals surface area contributed by atoms with Crippen LogP contribution in [0.2, 0.25) is 0 Å². The number of nitrogens with zero attached hydrogens (tertiary/aromatic N) is 1. The fourth-order valence-electron chi connectivity index (χ4n) is 1.61. The molecular weight excluding hydrogens is 247 g/mol. The maximum atomic E-state index is 13.0. The van der Waals surface area contributed by atoms with Crippen molar-refractivity contribution in [3.63, 3.8) is 0 Å². The van der Waals surface area contributed by atoms with E-state index in [0.29, 0.717) is 29.4 Å². The summed E-state index contributed by atoms with van der Waals surface area (Å²) in [6, 6.07) is 4.31. The Morgan fingerprint density at radius 2 is 2.26 bits per heavy atom. The molecule has 0 aliphatic rings. The van der Waals surface area contributed by atoms with Gasteiger partial charge < -0.3 is 15.6 Å². The van der Waals surface area contributed by atoms with Crippen molar-refractivity contribution in [2.24, 2.45) is 5.92 Å². The Morgan fingerprint density at radius 3 is 3.00 bits per heavy atom. The van der Waals surface area contributed by atoms with Gasteiger partial charge in [-0.15, -0.1) is 0 Å². The van der Waals surface area contributed by atoms with Gasteiger partial charge in [0, 0.05) is 6.54 Å². The Hall–Kier alpha value is -2.11. The van der Waals surface area contributed by atoms with Crippen molar-refractivity contribution < 1.29 is 9.18 Å². The molecule has 2 rings (SSSR count). The second-order valence-electron chi connectivity index (χ2n) is 4.80. The lowest BCUT2D eigenvalue weighted by atomic mass is 10.2. The number of hydrogen-bond donors (Lipinski definition) is 3. The molecule has 0 unspecified atom stereocenters. The van der Waals surface area contributed by atoms with Gasteiger partial charge in [0.15, 0.2) is 0 Å². The normalized spacial score (nSPS) is 10.9. The Labute approximate surface area is 110 Å². The van der Waals surface area contributed by atoms with Crippen LogP contribution in [0.1, 0.15) is 13.8 Å². The van der Waals surface area contributed by atoms with Gasteiger partial charge in [-0.05, 0) is 24.1 Å². The molecule has 6 heteroatoms. The van der Waals surface area contributed by atoms with Crippen molar-refractivity contribution in [2.45, 2.75) is 13.8 Å². The van der Waals surface area contributed by atoms with E-state index >= 15 is 0 Å². The van der Waals surface area contributed by atoms with Crippen LogP contribution >= 0.6 is 0 Å². The van der Waals surface area contributed by atoms with Gasteiger partial charge in [0.2, 0.25) is 11.9 Å². The average Bonchev–Trinajstić information content (AvgIpc) is 2.75. The highest BCUT2D eigenvalue weighted by Crippen LogP contribution is 2.14. The maximum Gasteiger partial charge on any atom is 0.239 e. The third-order valence-corrected chi connectivity index (χ3v) is 2.57. The molecule has 1 aromatic heterocycles. The molecule has 19 heavy (non-hydrogen) atoms. The van der Waals surface area contributed by atoms with Crippen LogP contribution in [0.5, 0.6) is 0 Å². The van der Waals surface area contributed by atoms with Gasteiger partial charge >= 0.3 is 0 Å². The smallest absolute Gasteiger partial charge is 0.239 e. The third kappa shape index (κ3) is 3.67. The first-order chi connectivity index (χ1) is 9.04. The number of imidazole rings is 1. The molecule has 0 radical (unpaired) electrons. The van der Waals surface area contributed by atoms with Crippen molar-refractivity contribution >= 4 is 22.9 Å². The Balaban J connectivity index is 1.92. The van der Waals surface area contributed by atoms with E-state index in [0.717, 1.165) is 0 Å². The first-order valence-electron chi connectivity index (χ1n) is 6.20. The quantitative estimate of drug-likeness (QED) is 0.772. The lowest BCUT2D eigenvalue weighted by molar-refractivity contribution is -0.119. The molecule has 0 fully saturated rings. The number of hydrogen-bond acceptors (Lipinski definition) is 3. The van der Waals surface area contributed by atoms with E-state index in [-0.39, 0.29) is 18.3 Å². The number of nitrogens with one attached hydrogen (secondary N) is 3.